The number of aryl methyl sites for hydroxylation is 1. The van der Waals surface area contributed by atoms with Gasteiger partial charge in [0.2, 0.25) is 11.7 Å². The third-order valence-electron chi connectivity index (χ3n) is 5.32. The van der Waals surface area contributed by atoms with E-state index in [1.54, 1.807) is 6.20 Å². The summed E-state index contributed by atoms with van der Waals surface area (Å²) in [6.07, 6.45) is 4.97. The highest BCUT2D eigenvalue weighted by molar-refractivity contribution is 5.65. The number of anilines is 2. The predicted molar refractivity (Wildman–Crippen MR) is 113 cm³/mol. The van der Waals surface area contributed by atoms with Gasteiger partial charge >= 0.3 is 6.09 Å². The van der Waals surface area contributed by atoms with E-state index in [-0.39, 0.29) is 5.92 Å². The molecule has 0 radical (unpaired) electrons. The van der Waals surface area contributed by atoms with Crippen LogP contribution in [0.25, 0.3) is 11.4 Å². The van der Waals surface area contributed by atoms with Gasteiger partial charge in [-0.2, -0.15) is 4.98 Å². The summed E-state index contributed by atoms with van der Waals surface area (Å²) >= 11 is 0. The zero-order chi connectivity index (χ0) is 20.9. The fraction of sp³-hybridized carbons (Fsp3) is 0.364. The van der Waals surface area contributed by atoms with E-state index >= 15 is 0 Å². The minimum atomic E-state index is -0.917. The normalized spacial score (nSPS) is 16.0. The molecule has 0 unspecified atom stereocenters. The number of rotatable bonds is 7. The second-order valence-corrected chi connectivity index (χ2v) is 7.53. The zero-order valence-corrected chi connectivity index (χ0v) is 16.9. The zero-order valence-electron chi connectivity index (χ0n) is 16.9. The molecule has 0 saturated carbocycles. The van der Waals surface area contributed by atoms with Crippen molar-refractivity contribution >= 4 is 17.6 Å². The number of carboxylic acid groups (broad SMARTS) is 1. The van der Waals surface area contributed by atoms with Crippen LogP contribution in [0.5, 0.6) is 0 Å². The van der Waals surface area contributed by atoms with E-state index < -0.39 is 6.09 Å². The fourth-order valence-corrected chi connectivity index (χ4v) is 3.54. The molecule has 1 saturated heterocycles. The third-order valence-corrected chi connectivity index (χ3v) is 5.32. The van der Waals surface area contributed by atoms with Crippen LogP contribution < -0.4 is 5.32 Å². The summed E-state index contributed by atoms with van der Waals surface area (Å²) in [5, 5.41) is 16.4. The monoisotopic (exact) mass is 407 g/mol. The molecule has 8 nitrogen and oxygen atoms in total. The standard InChI is InChI=1S/C22H25N5O3/c1-2-3-4-15-5-8-18(9-6-15)24-19-10-7-16(13-23-19)20-25-21(30-26-20)17-11-12-27(14-17)22(28)29/h5-10,13,17H,2-4,11-12,14H2,1H3,(H,23,24)(H,28,29)/t17-/m1/s1. The van der Waals surface area contributed by atoms with Gasteiger partial charge in [0.25, 0.3) is 0 Å². The molecule has 1 fully saturated rings. The van der Waals surface area contributed by atoms with Gasteiger partial charge in [0.1, 0.15) is 5.82 Å². The maximum atomic E-state index is 11.1. The summed E-state index contributed by atoms with van der Waals surface area (Å²) in [5.41, 5.74) is 3.08. The first-order valence-electron chi connectivity index (χ1n) is 10.3. The van der Waals surface area contributed by atoms with Crippen LogP contribution in [-0.2, 0) is 6.42 Å². The Morgan fingerprint density at radius 1 is 1.27 bits per heavy atom. The van der Waals surface area contributed by atoms with Crippen molar-refractivity contribution in [2.75, 3.05) is 18.4 Å². The van der Waals surface area contributed by atoms with Crippen molar-refractivity contribution < 1.29 is 14.4 Å². The summed E-state index contributed by atoms with van der Waals surface area (Å²) in [6.45, 7) is 3.07. The first kappa shape index (κ1) is 19.9. The Balaban J connectivity index is 1.38. The average Bonchev–Trinajstić information content (AvgIpc) is 3.44. The molecule has 1 aliphatic heterocycles. The van der Waals surface area contributed by atoms with Crippen molar-refractivity contribution in [3.05, 3.63) is 54.0 Å². The number of pyridine rings is 1. The molecule has 1 aromatic carbocycles. The van der Waals surface area contributed by atoms with Crippen molar-refractivity contribution in [2.45, 2.75) is 38.5 Å². The molecule has 1 amide bonds. The molecule has 2 N–H and O–H groups in total. The Labute approximate surface area is 174 Å². The number of aromatic nitrogens is 3. The fourth-order valence-electron chi connectivity index (χ4n) is 3.54. The summed E-state index contributed by atoms with van der Waals surface area (Å²) < 4.78 is 5.37. The molecule has 0 bridgehead atoms. The molecule has 30 heavy (non-hydrogen) atoms. The maximum Gasteiger partial charge on any atom is 0.407 e. The second kappa shape index (κ2) is 8.94. The molecule has 3 aromatic rings. The van der Waals surface area contributed by atoms with Crippen molar-refractivity contribution in [1.29, 1.82) is 0 Å². The lowest BCUT2D eigenvalue weighted by atomic mass is 10.1. The van der Waals surface area contributed by atoms with Gasteiger partial charge in [0.05, 0.1) is 5.92 Å². The van der Waals surface area contributed by atoms with Gasteiger partial charge in [-0.25, -0.2) is 9.78 Å². The molecule has 1 atom stereocenters. The molecule has 0 aliphatic carbocycles. The maximum absolute atomic E-state index is 11.1. The molecule has 3 heterocycles. The Hall–Kier alpha value is -3.42. The largest absolute Gasteiger partial charge is 0.465 e. The van der Waals surface area contributed by atoms with E-state index in [9.17, 15) is 4.79 Å². The number of unbranched alkanes of at least 4 members (excludes halogenated alkanes) is 1. The predicted octanol–water partition coefficient (Wildman–Crippen LogP) is 4.69. The number of benzene rings is 1. The van der Waals surface area contributed by atoms with E-state index in [2.05, 4.69) is 51.6 Å². The summed E-state index contributed by atoms with van der Waals surface area (Å²) in [6, 6.07) is 12.2. The third kappa shape index (κ3) is 4.59. The highest BCUT2D eigenvalue weighted by Gasteiger charge is 2.31. The highest BCUT2D eigenvalue weighted by Crippen LogP contribution is 2.28. The first-order chi connectivity index (χ1) is 14.6. The lowest BCUT2D eigenvalue weighted by molar-refractivity contribution is 0.154. The molecule has 2 aromatic heterocycles. The van der Waals surface area contributed by atoms with Gasteiger partial charge in [-0.3, -0.25) is 0 Å². The van der Waals surface area contributed by atoms with Crippen LogP contribution in [0.3, 0.4) is 0 Å². The Morgan fingerprint density at radius 3 is 2.77 bits per heavy atom. The topological polar surface area (TPSA) is 104 Å². The lowest BCUT2D eigenvalue weighted by Gasteiger charge is -2.09. The smallest absolute Gasteiger partial charge is 0.407 e. The molecule has 8 heteroatoms. The van der Waals surface area contributed by atoms with Crippen LogP contribution in [0.4, 0.5) is 16.3 Å². The van der Waals surface area contributed by atoms with Gasteiger partial charge in [0.15, 0.2) is 0 Å². The summed E-state index contributed by atoms with van der Waals surface area (Å²) in [4.78, 5) is 21.3. The van der Waals surface area contributed by atoms with Crippen LogP contribution >= 0.6 is 0 Å². The number of nitrogens with zero attached hydrogens (tertiary/aromatic N) is 4. The number of hydrogen-bond donors (Lipinski definition) is 2. The summed E-state index contributed by atoms with van der Waals surface area (Å²) in [5.74, 6) is 1.60. The molecular weight excluding hydrogens is 382 g/mol. The molecule has 4 rings (SSSR count). The second-order valence-electron chi connectivity index (χ2n) is 7.53. The SMILES string of the molecule is CCCCc1ccc(Nc2ccc(-c3noc([C@@H]4CCN(C(=O)O)C4)n3)cn2)cc1. The highest BCUT2D eigenvalue weighted by atomic mass is 16.5. The average molecular weight is 407 g/mol. The number of amides is 1. The van der Waals surface area contributed by atoms with Crippen molar-refractivity contribution in [3.8, 4) is 11.4 Å². The van der Waals surface area contributed by atoms with Crippen LogP contribution in [-0.4, -0.2) is 44.3 Å². The van der Waals surface area contributed by atoms with E-state index in [0.29, 0.717) is 31.2 Å². The van der Waals surface area contributed by atoms with E-state index in [4.69, 9.17) is 9.63 Å². The Kier molecular flexibility index (Phi) is 5.92. The molecule has 156 valence electrons. The van der Waals surface area contributed by atoms with Gasteiger partial charge in [-0.05, 0) is 49.1 Å². The van der Waals surface area contributed by atoms with Crippen LogP contribution in [0.1, 0.15) is 43.6 Å². The van der Waals surface area contributed by atoms with Crippen molar-refractivity contribution in [1.82, 2.24) is 20.0 Å². The number of carbonyl (C=O) groups is 1. The van der Waals surface area contributed by atoms with Crippen molar-refractivity contribution in [3.63, 3.8) is 0 Å². The van der Waals surface area contributed by atoms with Gasteiger partial charge in [-0.1, -0.05) is 30.6 Å². The first-order valence-corrected chi connectivity index (χ1v) is 10.3. The van der Waals surface area contributed by atoms with Gasteiger partial charge in [-0.15, -0.1) is 0 Å². The van der Waals surface area contributed by atoms with E-state index in [0.717, 1.165) is 23.5 Å². The number of likely N-dealkylation sites (tertiary alicyclic amines) is 1. The van der Waals surface area contributed by atoms with Crippen LogP contribution in [0.2, 0.25) is 0 Å². The van der Waals surface area contributed by atoms with Gasteiger partial charge < -0.3 is 19.8 Å². The summed E-state index contributed by atoms with van der Waals surface area (Å²) in [7, 11) is 0. The van der Waals surface area contributed by atoms with Crippen LogP contribution in [0.15, 0.2) is 47.1 Å². The van der Waals surface area contributed by atoms with Crippen LogP contribution in [0, 0.1) is 0 Å². The van der Waals surface area contributed by atoms with E-state index in [1.165, 1.54) is 23.3 Å². The molecule has 1 aliphatic rings. The lowest BCUT2D eigenvalue weighted by Crippen LogP contribution is -2.26. The Bertz CT molecular complexity index is 985. The minimum Gasteiger partial charge on any atom is -0.465 e. The minimum absolute atomic E-state index is 0.0588. The van der Waals surface area contributed by atoms with E-state index in [1.807, 2.05) is 12.1 Å². The molecular formula is C22H25N5O3. The molecule has 0 spiro atoms. The van der Waals surface area contributed by atoms with Gasteiger partial charge in [0, 0.05) is 30.5 Å². The number of hydrogen-bond acceptors (Lipinski definition) is 6. The number of nitrogens with one attached hydrogen (secondary N) is 1. The Morgan fingerprint density at radius 2 is 2.10 bits per heavy atom. The quantitative estimate of drug-likeness (QED) is 0.586. The van der Waals surface area contributed by atoms with Crippen molar-refractivity contribution in [2.24, 2.45) is 0 Å².